The van der Waals surface area contributed by atoms with Gasteiger partial charge in [0.1, 0.15) is 47.2 Å². The van der Waals surface area contributed by atoms with Crippen LogP contribution in [-0.4, -0.2) is 83.1 Å². The number of aromatic hydroxyl groups is 1. The van der Waals surface area contributed by atoms with Crippen LogP contribution < -0.4 is 45.4 Å². The summed E-state index contributed by atoms with van der Waals surface area (Å²) in [4.78, 5) is 34.2. The van der Waals surface area contributed by atoms with Crippen molar-refractivity contribution in [3.05, 3.63) is 117 Å². The van der Waals surface area contributed by atoms with Crippen LogP contribution in [0.15, 0.2) is 70.5 Å². The molecule has 61 heavy (non-hydrogen) atoms. The number of alkyl halides is 1. The molecule has 1 N–H and O–H groups in total. The molecule has 0 saturated carbocycles. The second kappa shape index (κ2) is 23.8. The van der Waals surface area contributed by atoms with Gasteiger partial charge in [0.05, 0.1) is 18.3 Å². The summed E-state index contributed by atoms with van der Waals surface area (Å²) in [7, 11) is 0. The van der Waals surface area contributed by atoms with Crippen LogP contribution in [0.3, 0.4) is 0 Å². The minimum atomic E-state index is -0.331. The van der Waals surface area contributed by atoms with Crippen molar-refractivity contribution in [3.8, 4) is 11.5 Å². The van der Waals surface area contributed by atoms with Crippen molar-refractivity contribution in [2.75, 3.05) is 39.6 Å². The van der Waals surface area contributed by atoms with Crippen LogP contribution in [0.1, 0.15) is 88.9 Å². The summed E-state index contributed by atoms with van der Waals surface area (Å²) in [6.07, 6.45) is 9.31. The number of imidazole rings is 2. The molecule has 0 spiro atoms. The van der Waals surface area contributed by atoms with Gasteiger partial charge in [-0.15, -0.1) is 16.7 Å². The third-order valence-electron chi connectivity index (χ3n) is 10.3. The molecule has 324 valence electrons. The van der Waals surface area contributed by atoms with E-state index in [0.29, 0.717) is 60.7 Å². The Morgan fingerprint density at radius 2 is 1.13 bits per heavy atom. The average Bonchev–Trinajstić information content (AvgIpc) is 4.09. The number of ether oxygens (including phenoxy) is 4. The maximum atomic E-state index is 13.0. The van der Waals surface area contributed by atoms with Gasteiger partial charge in [0, 0.05) is 64.6 Å². The van der Waals surface area contributed by atoms with Crippen molar-refractivity contribution in [3.63, 3.8) is 0 Å². The van der Waals surface area contributed by atoms with Crippen LogP contribution in [0.2, 0.25) is 0 Å². The Balaban J connectivity index is 0.000000210. The number of phenolic OH excluding ortho intramolecular Hbond substituents is 1. The van der Waals surface area contributed by atoms with E-state index >= 15 is 0 Å². The van der Waals surface area contributed by atoms with Crippen LogP contribution in [0.25, 0.3) is 11.0 Å². The fraction of sp³-hybridized carbons (Fsp3) is 0.476. The first-order valence-electron chi connectivity index (χ1n) is 20.3. The third kappa shape index (κ3) is 12.5. The van der Waals surface area contributed by atoms with Crippen molar-refractivity contribution < 1.29 is 63.8 Å². The normalized spacial score (nSPS) is 15.5. The molecule has 7 heterocycles. The Kier molecular flexibility index (Phi) is 18.7. The van der Waals surface area contributed by atoms with E-state index in [0.717, 1.165) is 63.8 Å². The van der Waals surface area contributed by atoms with E-state index in [1.54, 1.807) is 42.7 Å². The fourth-order valence-electron chi connectivity index (χ4n) is 7.03. The quantitative estimate of drug-likeness (QED) is 0.176. The molecular formula is C42H52ClF2N8NaO7. The molecule has 0 amide bonds. The second-order valence-corrected chi connectivity index (χ2v) is 14.5. The van der Waals surface area contributed by atoms with E-state index in [1.165, 1.54) is 49.2 Å². The van der Waals surface area contributed by atoms with Gasteiger partial charge in [0.15, 0.2) is 16.9 Å². The number of aromatic nitrogens is 8. The van der Waals surface area contributed by atoms with Gasteiger partial charge in [0.2, 0.25) is 0 Å². The van der Waals surface area contributed by atoms with Crippen molar-refractivity contribution in [1.29, 1.82) is 0 Å². The van der Waals surface area contributed by atoms with E-state index < -0.39 is 0 Å². The molecular weight excluding hydrogens is 825 g/mol. The number of phenols is 1. The minimum Gasteiger partial charge on any atom is -1.00 e. The zero-order valence-corrected chi connectivity index (χ0v) is 37.6. The SMILES string of the molecule is C1CCOC1.CCn1c(CCl)nn2c(C3CCOCC3)ncc2c1=O.CCn1c(COc2ccc(F)cc2)nn2c(C3CCOCC3)ncc2c1=O.Oc1ccc(F)cc1.[H-].[Na+]. The van der Waals surface area contributed by atoms with Crippen LogP contribution >= 0.6 is 11.6 Å². The smallest absolute Gasteiger partial charge is 1.00 e. The van der Waals surface area contributed by atoms with Gasteiger partial charge in [-0.2, -0.15) is 5.10 Å². The standard InChI is InChI=1S/C19H21FN4O3.C13H17ClN4O2.C6H5FO.C4H8O.Na.H/c1-2-23-17(12-27-15-5-3-14(20)4-6-15)22-24-16(19(23)25)11-21-18(24)13-7-9-26-10-8-13;1-2-17-11(7-14)16-18-10(13(17)19)8-15-12(18)9-3-5-20-6-4-9;7-5-1-3-6(8)4-2-5;1-2-4-5-3-1;;/h3-6,11,13H,2,7-10,12H2,1H3;8-9H,2-7H2,1H3;1-4,8H;1-4H2;;/q;;;;+1;-1. The number of hydrogen-bond acceptors (Lipinski definition) is 11. The van der Waals surface area contributed by atoms with Crippen molar-refractivity contribution in [2.24, 2.45) is 0 Å². The number of hydrogen-bond donors (Lipinski definition) is 1. The Hall–Kier alpha value is -4.23. The maximum absolute atomic E-state index is 13.0. The van der Waals surface area contributed by atoms with Crippen molar-refractivity contribution in [2.45, 2.75) is 89.8 Å². The first-order valence-corrected chi connectivity index (χ1v) is 20.8. The van der Waals surface area contributed by atoms with E-state index in [1.807, 2.05) is 13.8 Å². The van der Waals surface area contributed by atoms with E-state index in [-0.39, 0.29) is 77.9 Å². The zero-order valence-electron chi connectivity index (χ0n) is 35.9. The zero-order chi connectivity index (χ0) is 42.4. The summed E-state index contributed by atoms with van der Waals surface area (Å²) in [5.41, 5.74) is 0.756. The number of benzene rings is 2. The molecule has 6 aromatic rings. The van der Waals surface area contributed by atoms with Crippen LogP contribution in [-0.2, 0) is 39.8 Å². The number of halogens is 3. The van der Waals surface area contributed by atoms with Gasteiger partial charge in [-0.25, -0.2) is 27.8 Å². The maximum Gasteiger partial charge on any atom is 1.00 e. The molecule has 3 aliphatic heterocycles. The van der Waals surface area contributed by atoms with Crippen LogP contribution in [0.5, 0.6) is 11.5 Å². The summed E-state index contributed by atoms with van der Waals surface area (Å²) in [6.45, 7) is 9.77. The third-order valence-corrected chi connectivity index (χ3v) is 10.5. The molecule has 0 bridgehead atoms. The Morgan fingerprint density at radius 1 is 0.705 bits per heavy atom. The summed E-state index contributed by atoms with van der Waals surface area (Å²) < 4.78 is 53.0. The molecule has 0 unspecified atom stereocenters. The monoisotopic (exact) mass is 876 g/mol. The van der Waals surface area contributed by atoms with Crippen LogP contribution in [0.4, 0.5) is 8.78 Å². The molecule has 0 aliphatic carbocycles. The average molecular weight is 877 g/mol. The topological polar surface area (TPSA) is 162 Å². The van der Waals surface area contributed by atoms with Gasteiger partial charge < -0.3 is 25.5 Å². The second-order valence-electron chi connectivity index (χ2n) is 14.2. The predicted octanol–water partition coefficient (Wildman–Crippen LogP) is 3.51. The Morgan fingerprint density at radius 3 is 1.54 bits per heavy atom. The first-order chi connectivity index (χ1) is 29.2. The number of nitrogens with zero attached hydrogens (tertiary/aromatic N) is 8. The molecule has 3 saturated heterocycles. The van der Waals surface area contributed by atoms with E-state index in [4.69, 9.17) is 35.7 Å². The van der Waals surface area contributed by atoms with Crippen molar-refractivity contribution >= 4 is 22.6 Å². The number of fused-ring (bicyclic) bond motifs is 2. The number of rotatable bonds is 8. The first kappa shape index (κ1) is 47.8. The van der Waals surface area contributed by atoms with Crippen molar-refractivity contribution in [1.82, 2.24) is 38.3 Å². The summed E-state index contributed by atoms with van der Waals surface area (Å²) in [5, 5.41) is 17.7. The van der Waals surface area contributed by atoms with E-state index in [2.05, 4.69) is 20.2 Å². The molecule has 3 aliphatic rings. The van der Waals surface area contributed by atoms with Gasteiger partial charge in [-0.3, -0.25) is 18.7 Å². The van der Waals surface area contributed by atoms with Crippen LogP contribution in [0, 0.1) is 11.6 Å². The largest absolute Gasteiger partial charge is 1.00 e. The van der Waals surface area contributed by atoms with Gasteiger partial charge in [0.25, 0.3) is 11.1 Å². The molecule has 3 fully saturated rings. The minimum absolute atomic E-state index is 0. The summed E-state index contributed by atoms with van der Waals surface area (Å²) in [5.74, 6) is 3.39. The molecule has 19 heteroatoms. The Labute approximate surface area is 380 Å². The van der Waals surface area contributed by atoms with Gasteiger partial charge in [-0.05, 0) is 101 Å². The Bertz CT molecular complexity index is 2370. The molecule has 0 radical (unpaired) electrons. The molecule has 15 nitrogen and oxygen atoms in total. The molecule has 2 aromatic carbocycles. The fourth-order valence-corrected chi connectivity index (χ4v) is 7.23. The van der Waals surface area contributed by atoms with Gasteiger partial charge >= 0.3 is 29.6 Å². The molecule has 9 rings (SSSR count). The predicted molar refractivity (Wildman–Crippen MR) is 221 cm³/mol. The van der Waals surface area contributed by atoms with Gasteiger partial charge in [-0.1, -0.05) is 0 Å². The summed E-state index contributed by atoms with van der Waals surface area (Å²) in [6, 6.07) is 10.8. The molecule has 0 atom stereocenters. The summed E-state index contributed by atoms with van der Waals surface area (Å²) >= 11 is 5.91. The molecule has 4 aromatic heterocycles. The van der Waals surface area contributed by atoms with E-state index in [9.17, 15) is 18.4 Å².